The van der Waals surface area contributed by atoms with Crippen LogP contribution in [-0.4, -0.2) is 88.1 Å². The molecule has 2 saturated heterocycles. The van der Waals surface area contributed by atoms with E-state index in [1.807, 2.05) is 33.8 Å². The van der Waals surface area contributed by atoms with Crippen LogP contribution in [-0.2, 0) is 52.4 Å². The Morgan fingerprint density at radius 1 is 0.768 bits per heavy atom. The molecule has 0 radical (unpaired) electrons. The molecule has 19 atom stereocenters. The van der Waals surface area contributed by atoms with Crippen molar-refractivity contribution >= 4 is 29.8 Å². The zero-order valence-electron chi connectivity index (χ0n) is 35.3. The monoisotopic (exact) mass is 786 g/mol. The Labute approximate surface area is 329 Å². The van der Waals surface area contributed by atoms with Gasteiger partial charge in [-0.1, -0.05) is 39.8 Å². The van der Waals surface area contributed by atoms with E-state index in [2.05, 4.69) is 0 Å². The summed E-state index contributed by atoms with van der Waals surface area (Å²) in [6, 6.07) is 0. The van der Waals surface area contributed by atoms with Crippen molar-refractivity contribution in [1.29, 1.82) is 0 Å². The second kappa shape index (κ2) is 12.3. The number of ether oxygens (including phenoxy) is 6. The van der Waals surface area contributed by atoms with Crippen molar-refractivity contribution in [2.75, 3.05) is 0 Å². The maximum Gasteiger partial charge on any atom is 0.353 e. The largest absolute Gasteiger partial charge is 0.461 e. The van der Waals surface area contributed by atoms with E-state index in [0.717, 1.165) is 0 Å². The molecule has 2 N–H and O–H groups in total. The summed E-state index contributed by atoms with van der Waals surface area (Å²) in [5, 5.41) is 25.5. The third-order valence-electron chi connectivity index (χ3n) is 16.1. The number of hydrogen-bond acceptors (Lipinski definition) is 13. The Balaban J connectivity index is 1.52. The summed E-state index contributed by atoms with van der Waals surface area (Å²) in [6.45, 7) is 24.1. The molecule has 0 amide bonds. The van der Waals surface area contributed by atoms with Gasteiger partial charge in [0.15, 0.2) is 0 Å². The van der Waals surface area contributed by atoms with E-state index in [0.29, 0.717) is 6.42 Å². The average Bonchev–Trinajstić information content (AvgIpc) is 3.71. The van der Waals surface area contributed by atoms with Gasteiger partial charge in [0.1, 0.15) is 24.4 Å². The first-order valence-electron chi connectivity index (χ1n) is 20.3. The molecule has 312 valence electrons. The van der Waals surface area contributed by atoms with Gasteiger partial charge in [0.2, 0.25) is 5.60 Å². The predicted octanol–water partition coefficient (Wildman–Crippen LogP) is 4.53. The lowest BCUT2D eigenvalue weighted by atomic mass is 9.40. The first-order chi connectivity index (χ1) is 25.6. The summed E-state index contributed by atoms with van der Waals surface area (Å²) in [5.41, 5.74) is -7.55. The maximum absolute atomic E-state index is 14.2. The molecule has 0 aromatic rings. The van der Waals surface area contributed by atoms with Gasteiger partial charge in [0.05, 0.1) is 28.5 Å². The van der Waals surface area contributed by atoms with Crippen LogP contribution in [0.25, 0.3) is 0 Å². The van der Waals surface area contributed by atoms with Gasteiger partial charge in [0, 0.05) is 48.3 Å². The van der Waals surface area contributed by atoms with Crippen LogP contribution in [0.3, 0.4) is 0 Å². The zero-order chi connectivity index (χ0) is 41.8. The van der Waals surface area contributed by atoms with E-state index < -0.39 is 140 Å². The van der Waals surface area contributed by atoms with E-state index in [-0.39, 0.29) is 11.8 Å². The van der Waals surface area contributed by atoms with Gasteiger partial charge < -0.3 is 38.6 Å². The van der Waals surface area contributed by atoms with E-state index in [4.69, 9.17) is 28.4 Å². The van der Waals surface area contributed by atoms with Crippen LogP contribution in [0.15, 0.2) is 12.2 Å². The third-order valence-corrected chi connectivity index (χ3v) is 16.1. The number of carbonyl (C=O) groups excluding carboxylic acids is 5. The number of epoxide rings is 1. The molecule has 2 aliphatic heterocycles. The Morgan fingerprint density at radius 3 is 1.91 bits per heavy atom. The van der Waals surface area contributed by atoms with Gasteiger partial charge in [-0.3, -0.25) is 19.2 Å². The van der Waals surface area contributed by atoms with Crippen LogP contribution in [0.1, 0.15) is 103 Å². The molecular formula is C43H62O13. The number of carbonyl (C=O) groups is 5. The fourth-order valence-corrected chi connectivity index (χ4v) is 13.4. The topological polar surface area (TPSA) is 184 Å². The van der Waals surface area contributed by atoms with Crippen LogP contribution in [0.4, 0.5) is 0 Å². The zero-order valence-corrected chi connectivity index (χ0v) is 35.3. The molecule has 0 bridgehead atoms. The highest BCUT2D eigenvalue weighted by atomic mass is 16.8. The van der Waals surface area contributed by atoms with Crippen LogP contribution >= 0.6 is 0 Å². The fourth-order valence-electron chi connectivity index (χ4n) is 13.4. The van der Waals surface area contributed by atoms with Crippen molar-refractivity contribution < 1.29 is 62.6 Å². The standard InChI is InChI=1S/C43H62O13/c1-18-22-16-15-17-23(46)39(22,11)27-24(30(18)53-34(48)37(5,6)7)26-29(47)28-25(40(26,12)33(52-21(4)45)31(27)51-20(3)44)19(2)32-43(54-32)41(28,13)42(14,36(50)56-43)55-35(49)38(8,9)10/h15,17-19,22-33,46-47H,16H2,1-14H3/t18-,19-,22+,23-,24?,25-,26+,27?,28-,29+,30-,31-,32+,33-,39+,40+,41-,42+,43-/m0/s1. The minimum atomic E-state index is -1.93. The second-order valence-corrected chi connectivity index (χ2v) is 21.0. The molecule has 2 unspecified atom stereocenters. The molecule has 7 aliphatic rings. The molecule has 2 heterocycles. The fraction of sp³-hybridized carbons (Fsp3) is 0.837. The average molecular weight is 787 g/mol. The van der Waals surface area contributed by atoms with Crippen molar-refractivity contribution in [2.24, 2.45) is 74.4 Å². The molecule has 13 nitrogen and oxygen atoms in total. The number of allylic oxidation sites excluding steroid dienone is 1. The number of hydrogen-bond donors (Lipinski definition) is 2. The van der Waals surface area contributed by atoms with Crippen molar-refractivity contribution in [3.05, 3.63) is 12.2 Å². The summed E-state index contributed by atoms with van der Waals surface area (Å²) in [4.78, 5) is 68.6. The van der Waals surface area contributed by atoms with Crippen LogP contribution < -0.4 is 0 Å². The summed E-state index contributed by atoms with van der Waals surface area (Å²) < 4.78 is 38.2. The van der Waals surface area contributed by atoms with E-state index in [9.17, 15) is 34.2 Å². The van der Waals surface area contributed by atoms with E-state index in [1.54, 1.807) is 54.5 Å². The van der Waals surface area contributed by atoms with Crippen LogP contribution in [0, 0.1) is 74.4 Å². The molecule has 56 heavy (non-hydrogen) atoms. The summed E-state index contributed by atoms with van der Waals surface area (Å²) >= 11 is 0. The van der Waals surface area contributed by atoms with E-state index >= 15 is 0 Å². The van der Waals surface area contributed by atoms with Gasteiger partial charge in [-0.2, -0.15) is 0 Å². The molecule has 5 aliphatic carbocycles. The van der Waals surface area contributed by atoms with Crippen molar-refractivity contribution in [2.45, 2.75) is 151 Å². The number of aliphatic hydroxyl groups is 2. The lowest BCUT2D eigenvalue weighted by Gasteiger charge is -2.67. The lowest BCUT2D eigenvalue weighted by molar-refractivity contribution is -0.287. The SMILES string of the molecule is CC(=O)O[C@H]1C2C([C@@H](OC(=O)C(C)(C)C)[C@@H](C)[C@H]3CC=C[C@H](O)[C@]23C)[C@@H]2[C@@H](O)[C@@H]3[C@H]([C@H](C)[C@H]4O[C@]45OC(=O)[C@@](C)(OC(=O)C(C)(C)C)[C@]35C)[C@@]2(C)[C@H]1OC(C)=O. The predicted molar refractivity (Wildman–Crippen MR) is 197 cm³/mol. The Kier molecular flexibility index (Phi) is 9.00. The van der Waals surface area contributed by atoms with Gasteiger partial charge in [-0.15, -0.1) is 0 Å². The van der Waals surface area contributed by atoms with Crippen LogP contribution in [0.5, 0.6) is 0 Å². The van der Waals surface area contributed by atoms with Crippen LogP contribution in [0.2, 0.25) is 0 Å². The summed E-state index contributed by atoms with van der Waals surface area (Å²) in [7, 11) is 0. The molecule has 7 rings (SSSR count). The Hall–Kier alpha value is -3.03. The van der Waals surface area contributed by atoms with Crippen molar-refractivity contribution in [3.8, 4) is 0 Å². The molecular weight excluding hydrogens is 724 g/mol. The van der Waals surface area contributed by atoms with Gasteiger partial charge in [-0.25, -0.2) is 4.79 Å². The van der Waals surface area contributed by atoms with Gasteiger partial charge in [0.25, 0.3) is 5.79 Å². The maximum atomic E-state index is 14.2. The van der Waals surface area contributed by atoms with Crippen molar-refractivity contribution in [1.82, 2.24) is 0 Å². The normalized spacial score (nSPS) is 51.1. The summed E-state index contributed by atoms with van der Waals surface area (Å²) in [6.07, 6.45) is -1.98. The molecule has 4 saturated carbocycles. The first-order valence-corrected chi connectivity index (χ1v) is 20.3. The molecule has 6 fully saturated rings. The Morgan fingerprint density at radius 2 is 1.36 bits per heavy atom. The number of rotatable bonds is 4. The highest BCUT2D eigenvalue weighted by Gasteiger charge is 2.94. The number of fused-ring (bicyclic) bond motifs is 8. The first kappa shape index (κ1) is 41.1. The molecule has 1 spiro atoms. The minimum absolute atomic E-state index is 0.274. The second-order valence-electron chi connectivity index (χ2n) is 21.0. The molecule has 0 aromatic heterocycles. The highest BCUT2D eigenvalue weighted by molar-refractivity contribution is 5.89. The summed E-state index contributed by atoms with van der Waals surface area (Å²) in [5.74, 6) is -9.62. The molecule has 0 aromatic carbocycles. The quantitative estimate of drug-likeness (QED) is 0.176. The third kappa shape index (κ3) is 4.97. The van der Waals surface area contributed by atoms with Gasteiger partial charge in [-0.05, 0) is 85.5 Å². The van der Waals surface area contributed by atoms with Crippen molar-refractivity contribution in [3.63, 3.8) is 0 Å². The highest BCUT2D eigenvalue weighted by Crippen LogP contribution is 2.81. The minimum Gasteiger partial charge on any atom is -0.461 e. The molecule has 13 heteroatoms. The van der Waals surface area contributed by atoms with E-state index in [1.165, 1.54) is 20.8 Å². The number of esters is 5. The smallest absolute Gasteiger partial charge is 0.353 e. The Bertz CT molecular complexity index is 1760. The van der Waals surface area contributed by atoms with Gasteiger partial charge >= 0.3 is 29.8 Å². The lowest BCUT2D eigenvalue weighted by Crippen LogP contribution is -2.73. The number of aliphatic hydroxyl groups excluding tert-OH is 2.